The number of nitriles is 1. The average Bonchev–Trinajstić information content (AvgIpc) is 2.76. The summed E-state index contributed by atoms with van der Waals surface area (Å²) in [7, 11) is 0. The van der Waals surface area contributed by atoms with Crippen LogP contribution in [0.25, 0.3) is 11.0 Å². The number of nitrogens with zero attached hydrogens (tertiary/aromatic N) is 3. The van der Waals surface area contributed by atoms with Gasteiger partial charge in [0.05, 0.1) is 17.3 Å². The maximum atomic E-state index is 12.4. The Labute approximate surface area is 115 Å². The Morgan fingerprint density at radius 3 is 3.05 bits per heavy atom. The molecule has 2 heterocycles. The summed E-state index contributed by atoms with van der Waals surface area (Å²) >= 11 is 1.31. The zero-order valence-corrected chi connectivity index (χ0v) is 11.9. The van der Waals surface area contributed by atoms with E-state index in [0.717, 1.165) is 18.5 Å². The third-order valence-corrected chi connectivity index (χ3v) is 3.68. The topological polar surface area (TPSA) is 74.5 Å². The Balaban J connectivity index is 2.55. The Morgan fingerprint density at radius 1 is 1.58 bits per heavy atom. The van der Waals surface area contributed by atoms with Gasteiger partial charge in [0.2, 0.25) is 0 Å². The van der Waals surface area contributed by atoms with Crippen molar-refractivity contribution in [3.63, 3.8) is 0 Å². The highest BCUT2D eigenvalue weighted by atomic mass is 32.2. The predicted molar refractivity (Wildman–Crippen MR) is 76.3 cm³/mol. The molecule has 0 aliphatic rings. The number of fused-ring (bicyclic) bond motifs is 1. The van der Waals surface area contributed by atoms with Gasteiger partial charge in [0.25, 0.3) is 5.56 Å². The van der Waals surface area contributed by atoms with E-state index in [0.29, 0.717) is 28.5 Å². The molecule has 0 atom stereocenters. The van der Waals surface area contributed by atoms with Gasteiger partial charge in [-0.1, -0.05) is 25.1 Å². The second kappa shape index (κ2) is 5.93. The van der Waals surface area contributed by atoms with Crippen LogP contribution in [0.2, 0.25) is 0 Å². The molecule has 6 heteroatoms. The van der Waals surface area contributed by atoms with E-state index in [4.69, 9.17) is 5.26 Å². The lowest BCUT2D eigenvalue weighted by Crippen LogP contribution is -2.23. The highest BCUT2D eigenvalue weighted by Crippen LogP contribution is 2.18. The van der Waals surface area contributed by atoms with Crippen LogP contribution in [0, 0.1) is 18.3 Å². The first kappa shape index (κ1) is 13.7. The van der Waals surface area contributed by atoms with Gasteiger partial charge in [-0.05, 0) is 19.4 Å². The highest BCUT2D eigenvalue weighted by Gasteiger charge is 2.12. The van der Waals surface area contributed by atoms with Crippen molar-refractivity contribution < 1.29 is 0 Å². The molecule has 1 N–H and O–H groups in total. The van der Waals surface area contributed by atoms with Crippen molar-refractivity contribution in [2.75, 3.05) is 5.75 Å². The molecule has 0 fully saturated rings. The van der Waals surface area contributed by atoms with Gasteiger partial charge in [0.15, 0.2) is 5.16 Å². The van der Waals surface area contributed by atoms with Crippen molar-refractivity contribution in [1.82, 2.24) is 14.5 Å². The summed E-state index contributed by atoms with van der Waals surface area (Å²) in [4.78, 5) is 20.0. The normalized spacial score (nSPS) is 10.8. The van der Waals surface area contributed by atoms with Crippen LogP contribution < -0.4 is 5.56 Å². The SMILES string of the molecule is CCCCn1c(SCC#N)nc2cc(C)[nH]c2c1=O. The van der Waals surface area contributed by atoms with Gasteiger partial charge in [-0.15, -0.1) is 0 Å². The van der Waals surface area contributed by atoms with Crippen LogP contribution >= 0.6 is 11.8 Å². The second-order valence-electron chi connectivity index (χ2n) is 4.36. The molecule has 0 radical (unpaired) electrons. The Hall–Kier alpha value is -1.74. The second-order valence-corrected chi connectivity index (χ2v) is 5.31. The molecule has 5 nitrogen and oxygen atoms in total. The number of aromatic amines is 1. The van der Waals surface area contributed by atoms with Crippen molar-refractivity contribution in [3.05, 3.63) is 22.1 Å². The molecule has 100 valence electrons. The predicted octanol–water partition coefficient (Wildman–Crippen LogP) is 2.45. The smallest absolute Gasteiger partial charge is 0.278 e. The summed E-state index contributed by atoms with van der Waals surface area (Å²) < 4.78 is 1.67. The third-order valence-electron chi connectivity index (χ3n) is 2.84. The summed E-state index contributed by atoms with van der Waals surface area (Å²) in [6.45, 7) is 4.63. The lowest BCUT2D eigenvalue weighted by molar-refractivity contribution is 0.557. The molecule has 2 aromatic rings. The molecule has 0 amide bonds. The van der Waals surface area contributed by atoms with E-state index in [1.807, 2.05) is 13.0 Å². The van der Waals surface area contributed by atoms with Crippen LogP contribution in [0.4, 0.5) is 0 Å². The van der Waals surface area contributed by atoms with Crippen LogP contribution in [0.15, 0.2) is 16.0 Å². The highest BCUT2D eigenvalue weighted by molar-refractivity contribution is 7.99. The van der Waals surface area contributed by atoms with Crippen LogP contribution in [-0.2, 0) is 6.54 Å². The van der Waals surface area contributed by atoms with Crippen molar-refractivity contribution in [2.24, 2.45) is 0 Å². The average molecular weight is 276 g/mol. The van der Waals surface area contributed by atoms with E-state index < -0.39 is 0 Å². The number of hydrogen-bond acceptors (Lipinski definition) is 4. The first-order valence-electron chi connectivity index (χ1n) is 6.27. The lowest BCUT2D eigenvalue weighted by atomic mass is 10.3. The molecule has 0 bridgehead atoms. The minimum absolute atomic E-state index is 0.0491. The first-order valence-corrected chi connectivity index (χ1v) is 7.25. The Morgan fingerprint density at radius 2 is 2.37 bits per heavy atom. The number of hydrogen-bond donors (Lipinski definition) is 1. The summed E-state index contributed by atoms with van der Waals surface area (Å²) in [5, 5.41) is 9.32. The molecule has 0 unspecified atom stereocenters. The number of thioether (sulfide) groups is 1. The number of nitrogens with one attached hydrogen (secondary N) is 1. The van der Waals surface area contributed by atoms with E-state index in [1.54, 1.807) is 4.57 Å². The number of unbranched alkanes of at least 4 members (excludes halogenated alkanes) is 1. The molecule has 0 aliphatic carbocycles. The summed E-state index contributed by atoms with van der Waals surface area (Å²) in [5.41, 5.74) is 2.10. The molecule has 2 aromatic heterocycles. The molecule has 0 aliphatic heterocycles. The van der Waals surface area contributed by atoms with Crippen molar-refractivity contribution in [1.29, 1.82) is 5.26 Å². The van der Waals surface area contributed by atoms with Gasteiger partial charge >= 0.3 is 0 Å². The molecular weight excluding hydrogens is 260 g/mol. The monoisotopic (exact) mass is 276 g/mol. The molecule has 2 rings (SSSR count). The van der Waals surface area contributed by atoms with Gasteiger partial charge in [-0.3, -0.25) is 9.36 Å². The van der Waals surface area contributed by atoms with E-state index in [2.05, 4.69) is 23.0 Å². The first-order chi connectivity index (χ1) is 9.17. The standard InChI is InChI=1S/C13H16N4OS/c1-3-4-6-17-12(18)11-10(8-9(2)15-11)16-13(17)19-7-5-14/h8,15H,3-4,6-7H2,1-2H3. The fraction of sp³-hybridized carbons (Fsp3) is 0.462. The van der Waals surface area contributed by atoms with E-state index >= 15 is 0 Å². The maximum Gasteiger partial charge on any atom is 0.278 e. The summed E-state index contributed by atoms with van der Waals surface area (Å²) in [6.07, 6.45) is 1.93. The zero-order chi connectivity index (χ0) is 13.8. The number of rotatable bonds is 5. The van der Waals surface area contributed by atoms with E-state index in [9.17, 15) is 4.79 Å². The van der Waals surface area contributed by atoms with Crippen LogP contribution in [0.1, 0.15) is 25.5 Å². The maximum absolute atomic E-state index is 12.4. The van der Waals surface area contributed by atoms with Gasteiger partial charge in [-0.2, -0.15) is 5.26 Å². The Bertz CT molecular complexity index is 680. The van der Waals surface area contributed by atoms with Crippen molar-refractivity contribution >= 4 is 22.8 Å². The molecule has 19 heavy (non-hydrogen) atoms. The summed E-state index contributed by atoms with van der Waals surface area (Å²) in [6, 6.07) is 3.93. The molecule has 0 saturated carbocycles. The van der Waals surface area contributed by atoms with Gasteiger partial charge in [-0.25, -0.2) is 4.98 Å². The minimum atomic E-state index is -0.0491. The minimum Gasteiger partial charge on any atom is -0.353 e. The summed E-state index contributed by atoms with van der Waals surface area (Å²) in [5.74, 6) is 0.299. The third kappa shape index (κ3) is 2.82. The number of H-pyrrole nitrogens is 1. The van der Waals surface area contributed by atoms with Gasteiger partial charge < -0.3 is 4.98 Å². The lowest BCUT2D eigenvalue weighted by Gasteiger charge is -2.09. The molecule has 0 saturated heterocycles. The van der Waals surface area contributed by atoms with Crippen LogP contribution in [-0.4, -0.2) is 20.3 Å². The Kier molecular flexibility index (Phi) is 4.27. The van der Waals surface area contributed by atoms with Gasteiger partial charge in [0.1, 0.15) is 5.52 Å². The van der Waals surface area contributed by atoms with E-state index in [1.165, 1.54) is 11.8 Å². The van der Waals surface area contributed by atoms with Crippen molar-refractivity contribution in [2.45, 2.75) is 38.4 Å². The van der Waals surface area contributed by atoms with E-state index in [-0.39, 0.29) is 5.56 Å². The van der Waals surface area contributed by atoms with Crippen LogP contribution in [0.5, 0.6) is 0 Å². The largest absolute Gasteiger partial charge is 0.353 e. The van der Waals surface area contributed by atoms with Crippen LogP contribution in [0.3, 0.4) is 0 Å². The fourth-order valence-corrected chi connectivity index (χ4v) is 2.62. The van der Waals surface area contributed by atoms with Gasteiger partial charge in [0, 0.05) is 12.2 Å². The molecular formula is C13H16N4OS. The molecule has 0 spiro atoms. The zero-order valence-electron chi connectivity index (χ0n) is 11.1. The fourth-order valence-electron chi connectivity index (χ4n) is 1.93. The molecule has 0 aromatic carbocycles. The quantitative estimate of drug-likeness (QED) is 0.672. The van der Waals surface area contributed by atoms with Crippen molar-refractivity contribution in [3.8, 4) is 6.07 Å². The number of aromatic nitrogens is 3. The number of aryl methyl sites for hydroxylation is 1.